The Labute approximate surface area is 171 Å². The zero-order valence-electron chi connectivity index (χ0n) is 16.7. The van der Waals surface area contributed by atoms with E-state index in [0.717, 1.165) is 15.1 Å². The number of fused-ring (bicyclic) bond motifs is 1. The molecule has 29 heavy (non-hydrogen) atoms. The van der Waals surface area contributed by atoms with Crippen molar-refractivity contribution in [3.8, 4) is 5.75 Å². The van der Waals surface area contributed by atoms with E-state index in [1.54, 1.807) is 30.3 Å². The first-order valence-corrected chi connectivity index (χ1v) is 10.7. The molecule has 0 unspecified atom stereocenters. The SMILES string of the molecule is CCOc1cc2ccccc2cc1C(=O)NCc1ccccc1S(=O)(=O)N(C)C. The number of carbonyl (C=O) groups excluding carboxylic acids is 1. The molecule has 0 atom stereocenters. The fourth-order valence-electron chi connectivity index (χ4n) is 3.04. The molecule has 0 spiro atoms. The number of nitrogens with zero attached hydrogens (tertiary/aromatic N) is 1. The van der Waals surface area contributed by atoms with Crippen molar-refractivity contribution >= 4 is 26.7 Å². The second kappa shape index (κ2) is 8.63. The highest BCUT2D eigenvalue weighted by molar-refractivity contribution is 7.89. The number of sulfonamides is 1. The monoisotopic (exact) mass is 412 g/mol. The Hall–Kier alpha value is -2.90. The van der Waals surface area contributed by atoms with Gasteiger partial charge < -0.3 is 10.1 Å². The predicted octanol–water partition coefficient (Wildman–Crippen LogP) is 3.42. The van der Waals surface area contributed by atoms with Crippen LogP contribution in [0.5, 0.6) is 5.75 Å². The molecule has 0 saturated heterocycles. The molecule has 6 nitrogen and oxygen atoms in total. The molecule has 3 aromatic carbocycles. The van der Waals surface area contributed by atoms with E-state index < -0.39 is 10.0 Å². The van der Waals surface area contributed by atoms with Crippen molar-refractivity contribution in [2.45, 2.75) is 18.4 Å². The van der Waals surface area contributed by atoms with Crippen LogP contribution in [0.1, 0.15) is 22.8 Å². The number of amides is 1. The van der Waals surface area contributed by atoms with Gasteiger partial charge in [-0.3, -0.25) is 4.79 Å². The van der Waals surface area contributed by atoms with Gasteiger partial charge in [-0.2, -0.15) is 0 Å². The number of ether oxygens (including phenoxy) is 1. The van der Waals surface area contributed by atoms with Gasteiger partial charge in [-0.1, -0.05) is 42.5 Å². The molecule has 0 bridgehead atoms. The highest BCUT2D eigenvalue weighted by Gasteiger charge is 2.21. The van der Waals surface area contributed by atoms with E-state index in [2.05, 4.69) is 5.32 Å². The zero-order chi connectivity index (χ0) is 21.0. The normalized spacial score (nSPS) is 11.6. The lowest BCUT2D eigenvalue weighted by atomic mass is 10.1. The van der Waals surface area contributed by atoms with Gasteiger partial charge in [0.25, 0.3) is 5.91 Å². The molecular weight excluding hydrogens is 388 g/mol. The number of carbonyl (C=O) groups is 1. The molecule has 152 valence electrons. The number of hydrogen-bond donors (Lipinski definition) is 1. The maximum Gasteiger partial charge on any atom is 0.255 e. The Morgan fingerprint density at radius 1 is 1.00 bits per heavy atom. The second-order valence-electron chi connectivity index (χ2n) is 6.71. The molecule has 0 radical (unpaired) electrons. The first-order valence-electron chi connectivity index (χ1n) is 9.28. The van der Waals surface area contributed by atoms with Crippen LogP contribution in [0.4, 0.5) is 0 Å². The second-order valence-corrected chi connectivity index (χ2v) is 8.83. The standard InChI is InChI=1S/C22H24N2O4S/c1-4-28-20-14-17-10-6-5-9-16(17)13-19(20)22(25)23-15-18-11-7-8-12-21(18)29(26,27)24(2)3/h5-14H,4,15H2,1-3H3,(H,23,25). The van der Waals surface area contributed by atoms with Crippen LogP contribution in [0.25, 0.3) is 10.8 Å². The summed E-state index contributed by atoms with van der Waals surface area (Å²) < 4.78 is 31.9. The highest BCUT2D eigenvalue weighted by Crippen LogP contribution is 2.26. The van der Waals surface area contributed by atoms with Crippen molar-refractivity contribution in [1.82, 2.24) is 9.62 Å². The largest absolute Gasteiger partial charge is 0.493 e. The van der Waals surface area contributed by atoms with Crippen molar-refractivity contribution in [2.75, 3.05) is 20.7 Å². The summed E-state index contributed by atoms with van der Waals surface area (Å²) in [6.45, 7) is 2.38. The van der Waals surface area contributed by atoms with E-state index in [1.807, 2.05) is 37.3 Å². The van der Waals surface area contributed by atoms with E-state index in [9.17, 15) is 13.2 Å². The molecule has 0 saturated carbocycles. The molecule has 7 heteroatoms. The first-order chi connectivity index (χ1) is 13.8. The van der Waals surface area contributed by atoms with Crippen LogP contribution in [-0.4, -0.2) is 39.3 Å². The Bertz CT molecular complexity index is 1140. The smallest absolute Gasteiger partial charge is 0.255 e. The maximum absolute atomic E-state index is 12.9. The van der Waals surface area contributed by atoms with Gasteiger partial charge in [0, 0.05) is 20.6 Å². The molecule has 0 aliphatic carbocycles. The molecule has 0 aromatic heterocycles. The quantitative estimate of drug-likeness (QED) is 0.645. The number of nitrogens with one attached hydrogen (secondary N) is 1. The summed E-state index contributed by atoms with van der Waals surface area (Å²) in [5.74, 6) is 0.175. The topological polar surface area (TPSA) is 75.7 Å². The minimum Gasteiger partial charge on any atom is -0.493 e. The minimum absolute atomic E-state index is 0.0838. The van der Waals surface area contributed by atoms with E-state index in [0.29, 0.717) is 23.5 Å². The molecule has 1 N–H and O–H groups in total. The average molecular weight is 413 g/mol. The molecule has 0 fully saturated rings. The molecule has 1 amide bonds. The first kappa shape index (κ1) is 20.8. The zero-order valence-corrected chi connectivity index (χ0v) is 17.5. The van der Waals surface area contributed by atoms with E-state index in [4.69, 9.17) is 4.74 Å². The van der Waals surface area contributed by atoms with Crippen LogP contribution in [-0.2, 0) is 16.6 Å². The summed E-state index contributed by atoms with van der Waals surface area (Å²) >= 11 is 0. The molecule has 0 aliphatic rings. The van der Waals surface area contributed by atoms with Crippen LogP contribution in [0, 0.1) is 0 Å². The van der Waals surface area contributed by atoms with Crippen LogP contribution >= 0.6 is 0 Å². The van der Waals surface area contributed by atoms with Gasteiger partial charge >= 0.3 is 0 Å². The Balaban J connectivity index is 1.90. The van der Waals surface area contributed by atoms with Crippen molar-refractivity contribution < 1.29 is 17.9 Å². The van der Waals surface area contributed by atoms with E-state index >= 15 is 0 Å². The number of benzene rings is 3. The number of rotatable bonds is 7. The summed E-state index contributed by atoms with van der Waals surface area (Å²) in [7, 11) is -0.648. The lowest BCUT2D eigenvalue weighted by molar-refractivity contribution is 0.0947. The third-order valence-electron chi connectivity index (χ3n) is 4.56. The lowest BCUT2D eigenvalue weighted by Gasteiger charge is -2.16. The van der Waals surface area contributed by atoms with Gasteiger partial charge in [-0.05, 0) is 41.5 Å². The Morgan fingerprint density at radius 3 is 2.28 bits per heavy atom. The molecular formula is C22H24N2O4S. The van der Waals surface area contributed by atoms with Crippen LogP contribution < -0.4 is 10.1 Å². The predicted molar refractivity (Wildman–Crippen MR) is 114 cm³/mol. The average Bonchev–Trinajstić information content (AvgIpc) is 2.71. The molecule has 3 rings (SSSR count). The molecule has 3 aromatic rings. The summed E-state index contributed by atoms with van der Waals surface area (Å²) in [5, 5.41) is 4.74. The third kappa shape index (κ3) is 4.41. The molecule has 0 heterocycles. The number of hydrogen-bond acceptors (Lipinski definition) is 4. The summed E-state index contributed by atoms with van der Waals surface area (Å²) in [4.78, 5) is 13.1. The van der Waals surface area contributed by atoms with Gasteiger partial charge in [-0.25, -0.2) is 12.7 Å². The summed E-state index contributed by atoms with van der Waals surface area (Å²) in [6, 6.07) is 18.0. The van der Waals surface area contributed by atoms with Crippen molar-refractivity contribution in [3.05, 3.63) is 71.8 Å². The van der Waals surface area contributed by atoms with Gasteiger partial charge in [-0.15, -0.1) is 0 Å². The fraction of sp³-hybridized carbons (Fsp3) is 0.227. The highest BCUT2D eigenvalue weighted by atomic mass is 32.2. The van der Waals surface area contributed by atoms with Crippen molar-refractivity contribution in [1.29, 1.82) is 0 Å². The van der Waals surface area contributed by atoms with Gasteiger partial charge in [0.2, 0.25) is 10.0 Å². The third-order valence-corrected chi connectivity index (χ3v) is 6.48. The van der Waals surface area contributed by atoms with Gasteiger partial charge in [0.1, 0.15) is 5.75 Å². The Morgan fingerprint density at radius 2 is 1.62 bits per heavy atom. The van der Waals surface area contributed by atoms with Gasteiger partial charge in [0.05, 0.1) is 17.1 Å². The van der Waals surface area contributed by atoms with Crippen molar-refractivity contribution in [3.63, 3.8) is 0 Å². The fourth-order valence-corrected chi connectivity index (χ4v) is 4.16. The van der Waals surface area contributed by atoms with E-state index in [-0.39, 0.29) is 17.3 Å². The van der Waals surface area contributed by atoms with E-state index in [1.165, 1.54) is 14.1 Å². The van der Waals surface area contributed by atoms with Crippen LogP contribution in [0.3, 0.4) is 0 Å². The minimum atomic E-state index is -3.61. The van der Waals surface area contributed by atoms with Crippen molar-refractivity contribution in [2.24, 2.45) is 0 Å². The maximum atomic E-state index is 12.9. The summed E-state index contributed by atoms with van der Waals surface area (Å²) in [6.07, 6.45) is 0. The van der Waals surface area contributed by atoms with Crippen LogP contribution in [0.2, 0.25) is 0 Å². The van der Waals surface area contributed by atoms with Gasteiger partial charge in [0.15, 0.2) is 0 Å². The van der Waals surface area contributed by atoms with Crippen LogP contribution in [0.15, 0.2) is 65.6 Å². The Kier molecular flexibility index (Phi) is 6.20. The molecule has 0 aliphatic heterocycles. The summed E-state index contributed by atoms with van der Waals surface area (Å²) in [5.41, 5.74) is 0.937. The lowest BCUT2D eigenvalue weighted by Crippen LogP contribution is -2.27.